The molecule has 0 saturated carbocycles. The molecule has 0 spiro atoms. The number of nitrogens with one attached hydrogen (secondary N) is 1. The third-order valence-electron chi connectivity index (χ3n) is 1.77. The summed E-state index contributed by atoms with van der Waals surface area (Å²) in [5.74, 6) is 0.845. The Hall–Kier alpha value is -0.870. The summed E-state index contributed by atoms with van der Waals surface area (Å²) in [5.41, 5.74) is 2.00. The zero-order valence-corrected chi connectivity index (χ0v) is 7.42. The topological polar surface area (TPSA) is 58.3 Å². The van der Waals surface area contributed by atoms with Crippen LogP contribution in [0.25, 0.3) is 0 Å². The highest BCUT2D eigenvalue weighted by Gasteiger charge is 2.06. The molecule has 0 aliphatic heterocycles. The Balaban J connectivity index is 2.50. The monoisotopic (exact) mass is 170 g/mol. The minimum Gasteiger partial charge on any atom is -0.395 e. The summed E-state index contributed by atoms with van der Waals surface area (Å²) in [6, 6.07) is 0. The smallest absolute Gasteiger partial charge is 0.138 e. The van der Waals surface area contributed by atoms with E-state index in [0.717, 1.165) is 17.0 Å². The third-order valence-corrected chi connectivity index (χ3v) is 1.77. The molecule has 12 heavy (non-hydrogen) atoms. The molecule has 1 aromatic rings. The van der Waals surface area contributed by atoms with Crippen molar-refractivity contribution in [3.05, 3.63) is 17.0 Å². The van der Waals surface area contributed by atoms with Crippen LogP contribution in [0.1, 0.15) is 17.0 Å². The predicted molar refractivity (Wildman–Crippen MR) is 44.8 cm³/mol. The van der Waals surface area contributed by atoms with Gasteiger partial charge in [-0.2, -0.15) is 0 Å². The molecule has 0 radical (unpaired) electrons. The van der Waals surface area contributed by atoms with E-state index in [1.165, 1.54) is 0 Å². The summed E-state index contributed by atoms with van der Waals surface area (Å²) >= 11 is 0. The first-order valence-electron chi connectivity index (χ1n) is 3.99. The Morgan fingerprint density at radius 3 is 2.75 bits per heavy atom. The van der Waals surface area contributed by atoms with Gasteiger partial charge in [-0.25, -0.2) is 0 Å². The lowest BCUT2D eigenvalue weighted by atomic mass is 10.2. The maximum absolute atomic E-state index is 8.53. The lowest BCUT2D eigenvalue weighted by Gasteiger charge is -2.00. The number of aliphatic hydroxyl groups excluding tert-OH is 1. The molecule has 0 unspecified atom stereocenters. The standard InChI is InChI=1S/C8H14N2O2/c1-6-8(5-9-3-4-11)7(2)12-10-6/h9,11H,3-5H2,1-2H3. The first kappa shape index (κ1) is 9.22. The molecule has 0 fully saturated rings. The van der Waals surface area contributed by atoms with E-state index in [1.807, 2.05) is 13.8 Å². The molecule has 68 valence electrons. The molecule has 0 atom stereocenters. The maximum Gasteiger partial charge on any atom is 0.138 e. The summed E-state index contributed by atoms with van der Waals surface area (Å²) in [6.45, 7) is 5.26. The molecule has 0 saturated heterocycles. The van der Waals surface area contributed by atoms with E-state index in [9.17, 15) is 0 Å². The van der Waals surface area contributed by atoms with Crippen molar-refractivity contribution in [2.45, 2.75) is 20.4 Å². The van der Waals surface area contributed by atoms with Crippen molar-refractivity contribution in [2.75, 3.05) is 13.2 Å². The fourth-order valence-electron chi connectivity index (χ4n) is 1.05. The van der Waals surface area contributed by atoms with Crippen molar-refractivity contribution in [2.24, 2.45) is 0 Å². The second-order valence-electron chi connectivity index (χ2n) is 2.70. The van der Waals surface area contributed by atoms with Gasteiger partial charge in [0.2, 0.25) is 0 Å². The molecule has 0 aliphatic carbocycles. The average molecular weight is 170 g/mol. The van der Waals surface area contributed by atoms with Gasteiger partial charge in [-0.05, 0) is 13.8 Å². The lowest BCUT2D eigenvalue weighted by Crippen LogP contribution is -2.18. The van der Waals surface area contributed by atoms with Crippen LogP contribution in [0.5, 0.6) is 0 Å². The van der Waals surface area contributed by atoms with Gasteiger partial charge in [0.1, 0.15) is 5.76 Å². The molecule has 2 N–H and O–H groups in total. The highest BCUT2D eigenvalue weighted by molar-refractivity contribution is 5.20. The Morgan fingerprint density at radius 2 is 2.25 bits per heavy atom. The largest absolute Gasteiger partial charge is 0.395 e. The van der Waals surface area contributed by atoms with Crippen LogP contribution in [0.3, 0.4) is 0 Å². The summed E-state index contributed by atoms with van der Waals surface area (Å²) in [7, 11) is 0. The first-order valence-corrected chi connectivity index (χ1v) is 3.99. The van der Waals surface area contributed by atoms with Gasteiger partial charge in [0, 0.05) is 18.7 Å². The third kappa shape index (κ3) is 2.06. The van der Waals surface area contributed by atoms with Gasteiger partial charge >= 0.3 is 0 Å². The quantitative estimate of drug-likeness (QED) is 0.641. The molecule has 0 aromatic carbocycles. The average Bonchev–Trinajstić information content (AvgIpc) is 2.35. The summed E-state index contributed by atoms with van der Waals surface area (Å²) < 4.78 is 4.97. The maximum atomic E-state index is 8.53. The highest BCUT2D eigenvalue weighted by atomic mass is 16.5. The second-order valence-corrected chi connectivity index (χ2v) is 2.70. The molecule has 4 heteroatoms. The van der Waals surface area contributed by atoms with Crippen molar-refractivity contribution < 1.29 is 9.63 Å². The van der Waals surface area contributed by atoms with E-state index >= 15 is 0 Å². The minimum absolute atomic E-state index is 0.156. The Kier molecular flexibility index (Phi) is 3.25. The van der Waals surface area contributed by atoms with Crippen molar-refractivity contribution >= 4 is 0 Å². The molecular formula is C8H14N2O2. The van der Waals surface area contributed by atoms with E-state index in [2.05, 4.69) is 10.5 Å². The molecule has 0 amide bonds. The van der Waals surface area contributed by atoms with Gasteiger partial charge < -0.3 is 14.9 Å². The van der Waals surface area contributed by atoms with Gasteiger partial charge in [0.15, 0.2) is 0 Å². The molecule has 0 bridgehead atoms. The number of aryl methyl sites for hydroxylation is 2. The fraction of sp³-hybridized carbons (Fsp3) is 0.625. The molecule has 4 nitrogen and oxygen atoms in total. The van der Waals surface area contributed by atoms with Crippen LogP contribution in [-0.4, -0.2) is 23.4 Å². The Morgan fingerprint density at radius 1 is 1.50 bits per heavy atom. The van der Waals surface area contributed by atoms with Crippen molar-refractivity contribution in [3.8, 4) is 0 Å². The number of nitrogens with zero attached hydrogens (tertiary/aromatic N) is 1. The van der Waals surface area contributed by atoms with Crippen molar-refractivity contribution in [1.29, 1.82) is 0 Å². The minimum atomic E-state index is 0.156. The number of rotatable bonds is 4. The molecular weight excluding hydrogens is 156 g/mol. The first-order chi connectivity index (χ1) is 5.75. The fourth-order valence-corrected chi connectivity index (χ4v) is 1.05. The van der Waals surface area contributed by atoms with Gasteiger partial charge in [-0.15, -0.1) is 0 Å². The number of aromatic nitrogens is 1. The van der Waals surface area contributed by atoms with Crippen molar-refractivity contribution in [1.82, 2.24) is 10.5 Å². The number of aliphatic hydroxyl groups is 1. The molecule has 1 rings (SSSR count). The van der Waals surface area contributed by atoms with Gasteiger partial charge in [-0.1, -0.05) is 5.16 Å². The van der Waals surface area contributed by atoms with E-state index in [4.69, 9.17) is 9.63 Å². The van der Waals surface area contributed by atoms with E-state index < -0.39 is 0 Å². The van der Waals surface area contributed by atoms with Crippen LogP contribution in [0.4, 0.5) is 0 Å². The normalized spacial score (nSPS) is 10.6. The second kappa shape index (κ2) is 4.23. The Bertz CT molecular complexity index is 226. The molecule has 1 aromatic heterocycles. The molecule has 1 heterocycles. The summed E-state index contributed by atoms with van der Waals surface area (Å²) in [5, 5.41) is 15.4. The predicted octanol–water partition coefficient (Wildman–Crippen LogP) is 0.373. The van der Waals surface area contributed by atoms with E-state index in [-0.39, 0.29) is 6.61 Å². The van der Waals surface area contributed by atoms with Gasteiger partial charge in [-0.3, -0.25) is 0 Å². The van der Waals surface area contributed by atoms with E-state index in [1.54, 1.807) is 0 Å². The Labute approximate surface area is 71.6 Å². The molecule has 0 aliphatic rings. The van der Waals surface area contributed by atoms with E-state index in [0.29, 0.717) is 13.1 Å². The zero-order valence-electron chi connectivity index (χ0n) is 7.42. The van der Waals surface area contributed by atoms with Crippen LogP contribution in [0.2, 0.25) is 0 Å². The van der Waals surface area contributed by atoms with Crippen LogP contribution >= 0.6 is 0 Å². The van der Waals surface area contributed by atoms with Crippen LogP contribution in [-0.2, 0) is 6.54 Å². The van der Waals surface area contributed by atoms with Gasteiger partial charge in [0.25, 0.3) is 0 Å². The summed E-state index contributed by atoms with van der Waals surface area (Å²) in [6.07, 6.45) is 0. The highest BCUT2D eigenvalue weighted by Crippen LogP contribution is 2.10. The SMILES string of the molecule is Cc1noc(C)c1CNCCO. The van der Waals surface area contributed by atoms with Crippen molar-refractivity contribution in [3.63, 3.8) is 0 Å². The number of hydrogen-bond acceptors (Lipinski definition) is 4. The lowest BCUT2D eigenvalue weighted by molar-refractivity contribution is 0.291. The van der Waals surface area contributed by atoms with Gasteiger partial charge in [0.05, 0.1) is 12.3 Å². The summed E-state index contributed by atoms with van der Waals surface area (Å²) in [4.78, 5) is 0. The number of hydrogen-bond donors (Lipinski definition) is 2. The van der Waals surface area contributed by atoms with Crippen LogP contribution in [0.15, 0.2) is 4.52 Å². The zero-order chi connectivity index (χ0) is 8.97. The van der Waals surface area contributed by atoms with Crippen LogP contribution in [0, 0.1) is 13.8 Å². The van der Waals surface area contributed by atoms with Crippen LogP contribution < -0.4 is 5.32 Å².